The molecule has 0 bridgehead atoms. The third-order valence-electron chi connectivity index (χ3n) is 2.61. The minimum atomic E-state index is -0.765. The fourth-order valence-corrected chi connectivity index (χ4v) is 3.02. The second-order valence-corrected chi connectivity index (χ2v) is 7.58. The first kappa shape index (κ1) is 14.0. The predicted octanol–water partition coefficient (Wildman–Crippen LogP) is 4.63. The van der Waals surface area contributed by atoms with Crippen LogP contribution in [0.3, 0.4) is 0 Å². The number of nitrogens with zero attached hydrogens (tertiary/aromatic N) is 1. The molecular weight excluding hydrogens is 270 g/mol. The van der Waals surface area contributed by atoms with E-state index in [2.05, 4.69) is 48.6 Å². The van der Waals surface area contributed by atoms with Gasteiger partial charge in [0.2, 0.25) is 0 Å². The van der Waals surface area contributed by atoms with Gasteiger partial charge in [-0.2, -0.15) is 0 Å². The van der Waals surface area contributed by atoms with Gasteiger partial charge in [0.1, 0.15) is 11.4 Å². The molecule has 0 saturated carbocycles. The number of thiophene rings is 1. The molecule has 0 aliphatic carbocycles. The lowest BCUT2D eigenvalue weighted by Crippen LogP contribution is -2.11. The maximum Gasteiger partial charge on any atom is 0.274 e. The van der Waals surface area contributed by atoms with E-state index >= 15 is 0 Å². The van der Waals surface area contributed by atoms with Crippen molar-refractivity contribution in [2.75, 3.05) is 0 Å². The zero-order valence-electron chi connectivity index (χ0n) is 11.5. The molecule has 0 unspecified atom stereocenters. The van der Waals surface area contributed by atoms with Crippen LogP contribution in [0.15, 0.2) is 40.7 Å². The van der Waals surface area contributed by atoms with Crippen molar-refractivity contribution >= 4 is 32.3 Å². The predicted molar refractivity (Wildman–Crippen MR) is 85.5 cm³/mol. The molecule has 0 saturated heterocycles. The van der Waals surface area contributed by atoms with E-state index in [9.17, 15) is 0 Å². The molecule has 0 atom stereocenters. The fourth-order valence-electron chi connectivity index (χ4n) is 1.76. The van der Waals surface area contributed by atoms with Gasteiger partial charge in [-0.25, -0.2) is 0 Å². The SMILES string of the molecule is Cc1cccc(O[Si](C)C)c1N=CCc1cccs1. The van der Waals surface area contributed by atoms with E-state index in [1.807, 2.05) is 18.3 Å². The molecule has 1 aromatic carbocycles. The number of benzene rings is 1. The summed E-state index contributed by atoms with van der Waals surface area (Å²) in [6.45, 7) is 6.33. The van der Waals surface area contributed by atoms with Crippen LogP contribution in [0.4, 0.5) is 5.69 Å². The van der Waals surface area contributed by atoms with Gasteiger partial charge in [0.25, 0.3) is 9.04 Å². The molecule has 0 amide bonds. The Labute approximate surface area is 120 Å². The molecule has 2 rings (SSSR count). The maximum absolute atomic E-state index is 5.90. The molecule has 0 spiro atoms. The van der Waals surface area contributed by atoms with Crippen LogP contribution in [0, 0.1) is 6.92 Å². The first-order chi connectivity index (χ1) is 9.16. The lowest BCUT2D eigenvalue weighted by molar-refractivity contribution is 0.581. The molecule has 1 heterocycles. The van der Waals surface area contributed by atoms with Crippen molar-refractivity contribution in [2.45, 2.75) is 26.4 Å². The lowest BCUT2D eigenvalue weighted by Gasteiger charge is -2.12. The largest absolute Gasteiger partial charge is 0.541 e. The Hall–Kier alpha value is -1.39. The topological polar surface area (TPSA) is 21.6 Å². The smallest absolute Gasteiger partial charge is 0.274 e. The third kappa shape index (κ3) is 4.04. The molecule has 0 aliphatic heterocycles. The van der Waals surface area contributed by atoms with E-state index in [0.29, 0.717) is 0 Å². The van der Waals surface area contributed by atoms with Gasteiger partial charge in [-0.15, -0.1) is 11.3 Å². The Morgan fingerprint density at radius 1 is 1.26 bits per heavy atom. The summed E-state index contributed by atoms with van der Waals surface area (Å²) in [7, 11) is -0.765. The molecule has 99 valence electrons. The second kappa shape index (κ2) is 6.68. The Kier molecular flexibility index (Phi) is 4.93. The summed E-state index contributed by atoms with van der Waals surface area (Å²) in [6.07, 6.45) is 2.85. The minimum Gasteiger partial charge on any atom is -0.541 e. The molecule has 0 fully saturated rings. The molecule has 1 aromatic heterocycles. The van der Waals surface area contributed by atoms with E-state index < -0.39 is 9.04 Å². The van der Waals surface area contributed by atoms with Crippen molar-refractivity contribution in [1.29, 1.82) is 0 Å². The molecule has 4 heteroatoms. The zero-order valence-corrected chi connectivity index (χ0v) is 13.3. The van der Waals surface area contributed by atoms with Gasteiger partial charge in [-0.05, 0) is 43.1 Å². The average Bonchev–Trinajstić information content (AvgIpc) is 2.85. The third-order valence-corrected chi connectivity index (χ3v) is 4.13. The normalized spacial score (nSPS) is 11.4. The van der Waals surface area contributed by atoms with E-state index in [1.165, 1.54) is 4.88 Å². The van der Waals surface area contributed by atoms with Gasteiger partial charge < -0.3 is 4.43 Å². The molecule has 0 N–H and O–H groups in total. The van der Waals surface area contributed by atoms with Crippen molar-refractivity contribution in [3.63, 3.8) is 0 Å². The van der Waals surface area contributed by atoms with Gasteiger partial charge in [0, 0.05) is 17.5 Å². The molecule has 2 aromatic rings. The minimum absolute atomic E-state index is 0.765. The van der Waals surface area contributed by atoms with Gasteiger partial charge in [0.15, 0.2) is 0 Å². The van der Waals surface area contributed by atoms with Crippen LogP contribution in [0.25, 0.3) is 0 Å². The summed E-state index contributed by atoms with van der Waals surface area (Å²) in [5.41, 5.74) is 2.12. The number of hydrogen-bond acceptors (Lipinski definition) is 3. The van der Waals surface area contributed by atoms with Crippen molar-refractivity contribution in [1.82, 2.24) is 0 Å². The molecule has 1 radical (unpaired) electrons. The number of aryl methyl sites for hydroxylation is 1. The second-order valence-electron chi connectivity index (χ2n) is 4.53. The summed E-state index contributed by atoms with van der Waals surface area (Å²) in [5.74, 6) is 0.904. The van der Waals surface area contributed by atoms with Gasteiger partial charge in [0.05, 0.1) is 0 Å². The van der Waals surface area contributed by atoms with Crippen molar-refractivity contribution < 1.29 is 4.43 Å². The van der Waals surface area contributed by atoms with Crippen LogP contribution in [0.1, 0.15) is 10.4 Å². The van der Waals surface area contributed by atoms with Crippen LogP contribution < -0.4 is 4.43 Å². The number of para-hydroxylation sites is 1. The highest BCUT2D eigenvalue weighted by molar-refractivity contribution is 7.10. The highest BCUT2D eigenvalue weighted by Crippen LogP contribution is 2.31. The summed E-state index contributed by atoms with van der Waals surface area (Å²) in [4.78, 5) is 5.94. The standard InChI is InChI=1S/C15H18NOSSi/c1-12-6-4-8-14(17-19(2)3)15(12)16-10-9-13-7-5-11-18-13/h4-8,10-11H,9H2,1-3H3. The van der Waals surface area contributed by atoms with Crippen LogP contribution in [-0.2, 0) is 6.42 Å². The Morgan fingerprint density at radius 3 is 2.79 bits per heavy atom. The number of aliphatic imine (C=N–C) groups is 1. The summed E-state index contributed by atoms with van der Waals surface area (Å²) < 4.78 is 5.90. The van der Waals surface area contributed by atoms with E-state index in [-0.39, 0.29) is 0 Å². The van der Waals surface area contributed by atoms with E-state index in [1.54, 1.807) is 11.3 Å². The van der Waals surface area contributed by atoms with Crippen LogP contribution >= 0.6 is 11.3 Å². The van der Waals surface area contributed by atoms with Gasteiger partial charge >= 0.3 is 0 Å². The highest BCUT2D eigenvalue weighted by atomic mass is 32.1. The van der Waals surface area contributed by atoms with Crippen molar-refractivity contribution in [3.05, 3.63) is 46.2 Å². The van der Waals surface area contributed by atoms with E-state index in [4.69, 9.17) is 4.43 Å². The average molecular weight is 288 g/mol. The van der Waals surface area contributed by atoms with Crippen LogP contribution in [0.5, 0.6) is 5.75 Å². The van der Waals surface area contributed by atoms with Gasteiger partial charge in [-0.1, -0.05) is 18.2 Å². The number of rotatable bonds is 5. The first-order valence-electron chi connectivity index (χ1n) is 6.29. The Morgan fingerprint density at radius 2 is 2.11 bits per heavy atom. The number of hydrogen-bond donors (Lipinski definition) is 0. The van der Waals surface area contributed by atoms with Crippen molar-refractivity contribution in [2.24, 2.45) is 4.99 Å². The lowest BCUT2D eigenvalue weighted by atomic mass is 10.2. The van der Waals surface area contributed by atoms with Crippen LogP contribution in [0.2, 0.25) is 13.1 Å². The maximum atomic E-state index is 5.90. The Balaban J connectivity index is 2.16. The molecule has 19 heavy (non-hydrogen) atoms. The molecule has 2 nitrogen and oxygen atoms in total. The zero-order chi connectivity index (χ0) is 13.7. The summed E-state index contributed by atoms with van der Waals surface area (Å²) in [5, 5.41) is 2.09. The summed E-state index contributed by atoms with van der Waals surface area (Å²) in [6, 6.07) is 10.3. The molecule has 0 aliphatic rings. The summed E-state index contributed by atoms with van der Waals surface area (Å²) >= 11 is 1.76. The van der Waals surface area contributed by atoms with Crippen molar-refractivity contribution in [3.8, 4) is 5.75 Å². The highest BCUT2D eigenvalue weighted by Gasteiger charge is 2.07. The Bertz CT molecular complexity index is 549. The van der Waals surface area contributed by atoms with Crippen LogP contribution in [-0.4, -0.2) is 15.3 Å². The van der Waals surface area contributed by atoms with Gasteiger partial charge in [-0.3, -0.25) is 4.99 Å². The van der Waals surface area contributed by atoms with E-state index in [0.717, 1.165) is 23.4 Å². The monoisotopic (exact) mass is 288 g/mol. The quantitative estimate of drug-likeness (QED) is 0.580. The fraction of sp³-hybridized carbons (Fsp3) is 0.267. The first-order valence-corrected chi connectivity index (χ1v) is 9.58. The molecular formula is C15H18NOSSi.